The van der Waals surface area contributed by atoms with E-state index in [9.17, 15) is 31.5 Å². The number of nitrogens with one attached hydrogen (secondary N) is 2. The predicted molar refractivity (Wildman–Crippen MR) is 137 cm³/mol. The summed E-state index contributed by atoms with van der Waals surface area (Å²) in [6, 6.07) is 17.6. The summed E-state index contributed by atoms with van der Waals surface area (Å²) >= 11 is 0. The molecule has 0 bridgehead atoms. The van der Waals surface area contributed by atoms with Crippen molar-refractivity contribution < 1.29 is 36.2 Å². The third kappa shape index (κ3) is 7.42. The van der Waals surface area contributed by atoms with Gasteiger partial charge in [-0.1, -0.05) is 48.5 Å². The van der Waals surface area contributed by atoms with Gasteiger partial charge in [-0.05, 0) is 43.0 Å². The van der Waals surface area contributed by atoms with E-state index in [0.29, 0.717) is 28.7 Å². The average molecular weight is 561 g/mol. The maximum absolute atomic E-state index is 13.0. The van der Waals surface area contributed by atoms with E-state index in [0.717, 1.165) is 18.4 Å². The number of rotatable bonds is 5. The number of aromatic amines is 1. The molecule has 2 aromatic carbocycles. The number of hydrogen-bond donors (Lipinski definition) is 3. The zero-order chi connectivity index (χ0) is 28.0. The van der Waals surface area contributed by atoms with E-state index in [1.807, 2.05) is 30.3 Å². The number of hydrogen-bond acceptors (Lipinski definition) is 7. The molecule has 2 heterocycles. The summed E-state index contributed by atoms with van der Waals surface area (Å²) in [6.07, 6.45) is -1.56. The molecule has 1 fully saturated rings. The van der Waals surface area contributed by atoms with Gasteiger partial charge in [0.2, 0.25) is 0 Å². The summed E-state index contributed by atoms with van der Waals surface area (Å²) in [5.74, 6) is -0.534. The van der Waals surface area contributed by atoms with Crippen LogP contribution < -0.4 is 10.1 Å². The predicted octanol–water partition coefficient (Wildman–Crippen LogP) is 5.15. The molecule has 3 N–H and O–H groups in total. The minimum atomic E-state index is -4.60. The number of aromatic nitrogens is 2. The van der Waals surface area contributed by atoms with E-state index in [1.165, 1.54) is 30.5 Å². The summed E-state index contributed by atoms with van der Waals surface area (Å²) in [7, 11) is -2.60. The van der Waals surface area contributed by atoms with Crippen molar-refractivity contribution in [2.24, 2.45) is 4.36 Å². The molecule has 9 nitrogen and oxygen atoms in total. The normalized spacial score (nSPS) is 16.7. The second kappa shape index (κ2) is 12.1. The molecule has 39 heavy (non-hydrogen) atoms. The van der Waals surface area contributed by atoms with Crippen LogP contribution in [0, 0.1) is 0 Å². The zero-order valence-corrected chi connectivity index (χ0v) is 21.0. The molecule has 1 aliphatic rings. The molecule has 1 amide bonds. The summed E-state index contributed by atoms with van der Waals surface area (Å²) in [5.41, 5.74) is 2.34. The Balaban J connectivity index is 0.000000270. The van der Waals surface area contributed by atoms with Gasteiger partial charge < -0.3 is 20.1 Å². The van der Waals surface area contributed by atoms with Crippen LogP contribution in [0.3, 0.4) is 0 Å². The number of ether oxygens (including phenoxy) is 1. The summed E-state index contributed by atoms with van der Waals surface area (Å²) in [5, 5.41) is 13.5. The van der Waals surface area contributed by atoms with E-state index in [-0.39, 0.29) is 23.4 Å². The number of amides is 1. The first-order chi connectivity index (χ1) is 18.6. The number of benzene rings is 2. The van der Waals surface area contributed by atoms with Gasteiger partial charge in [-0.2, -0.15) is 8.42 Å². The molecule has 0 aliphatic heterocycles. The Morgan fingerprint density at radius 1 is 1.08 bits per heavy atom. The van der Waals surface area contributed by atoms with E-state index in [1.54, 1.807) is 12.1 Å². The first-order valence-electron chi connectivity index (χ1n) is 11.8. The van der Waals surface area contributed by atoms with Gasteiger partial charge in [0.25, 0.3) is 5.91 Å². The fourth-order valence-electron chi connectivity index (χ4n) is 4.24. The van der Waals surface area contributed by atoms with Crippen molar-refractivity contribution in [1.82, 2.24) is 15.3 Å². The first kappa shape index (κ1) is 27.8. The van der Waals surface area contributed by atoms with Crippen LogP contribution in [-0.2, 0) is 10.5 Å². The number of nitrogens with zero attached hydrogens (tertiary/aromatic N) is 2. The number of halogens is 3. The molecule has 2 aromatic heterocycles. The van der Waals surface area contributed by atoms with Crippen molar-refractivity contribution in [2.75, 3.05) is 0 Å². The molecule has 1 saturated carbocycles. The Morgan fingerprint density at radius 2 is 1.74 bits per heavy atom. The number of aliphatic hydroxyl groups is 1. The highest BCUT2D eigenvalue weighted by atomic mass is 32.2. The van der Waals surface area contributed by atoms with Gasteiger partial charge in [0.1, 0.15) is 22.8 Å². The van der Waals surface area contributed by atoms with Crippen molar-refractivity contribution in [3.05, 3.63) is 78.6 Å². The van der Waals surface area contributed by atoms with Crippen LogP contribution in [-0.4, -0.2) is 47.9 Å². The van der Waals surface area contributed by atoms with Gasteiger partial charge in [0.05, 0.1) is 18.3 Å². The molecule has 2 unspecified atom stereocenters. The lowest BCUT2D eigenvalue weighted by Gasteiger charge is -2.16. The van der Waals surface area contributed by atoms with Crippen LogP contribution >= 0.6 is 0 Å². The van der Waals surface area contributed by atoms with Gasteiger partial charge in [-0.15, -0.1) is 17.5 Å². The van der Waals surface area contributed by atoms with E-state index >= 15 is 0 Å². The van der Waals surface area contributed by atoms with Crippen molar-refractivity contribution in [3.8, 4) is 16.9 Å². The monoisotopic (exact) mass is 560 g/mol. The lowest BCUT2D eigenvalue weighted by molar-refractivity contribution is -0.274. The van der Waals surface area contributed by atoms with Crippen molar-refractivity contribution >= 4 is 33.1 Å². The summed E-state index contributed by atoms with van der Waals surface area (Å²) in [6.45, 7) is 0. The number of aliphatic hydroxyl groups excluding tert-OH is 1. The van der Waals surface area contributed by atoms with Crippen LogP contribution in [0.4, 0.5) is 18.9 Å². The molecular weight excluding hydrogens is 537 g/mol. The van der Waals surface area contributed by atoms with Gasteiger partial charge in [-0.25, -0.2) is 4.98 Å². The molecular formula is C26H23F3N4O5S. The number of fused-ring (bicyclic) bond motifs is 1. The van der Waals surface area contributed by atoms with Crippen LogP contribution in [0.1, 0.15) is 29.8 Å². The third-order valence-electron chi connectivity index (χ3n) is 5.88. The Morgan fingerprint density at radius 3 is 2.33 bits per heavy atom. The average Bonchev–Trinajstić information content (AvgIpc) is 3.47. The third-order valence-corrected chi connectivity index (χ3v) is 6.24. The second-order valence-electron chi connectivity index (χ2n) is 8.58. The van der Waals surface area contributed by atoms with Gasteiger partial charge in [-0.3, -0.25) is 4.79 Å². The zero-order valence-electron chi connectivity index (χ0n) is 20.2. The smallest absolute Gasteiger partial charge is 0.406 e. The minimum absolute atomic E-state index is 0.176. The lowest BCUT2D eigenvalue weighted by atomic mass is 10.0. The van der Waals surface area contributed by atoms with Crippen molar-refractivity contribution in [2.45, 2.75) is 37.8 Å². The Hall–Kier alpha value is -4.23. The van der Waals surface area contributed by atoms with Crippen LogP contribution in [0.5, 0.6) is 5.75 Å². The molecule has 0 saturated heterocycles. The first-order valence-corrected chi connectivity index (χ1v) is 12.8. The Bertz CT molecular complexity index is 1570. The van der Waals surface area contributed by atoms with Gasteiger partial charge in [0.15, 0.2) is 0 Å². The lowest BCUT2D eigenvalue weighted by Crippen LogP contribution is -2.40. The highest BCUT2D eigenvalue weighted by Gasteiger charge is 2.31. The van der Waals surface area contributed by atoms with Gasteiger partial charge in [0, 0.05) is 10.9 Å². The molecule has 0 spiro atoms. The fraction of sp³-hybridized carbons (Fsp3) is 0.231. The van der Waals surface area contributed by atoms with E-state index in [4.69, 9.17) is 0 Å². The van der Waals surface area contributed by atoms with E-state index < -0.39 is 23.0 Å². The van der Waals surface area contributed by atoms with Crippen LogP contribution in [0.2, 0.25) is 0 Å². The molecule has 204 valence electrons. The minimum Gasteiger partial charge on any atom is -0.406 e. The number of H-pyrrole nitrogens is 1. The summed E-state index contributed by atoms with van der Waals surface area (Å²) in [4.78, 5) is 20.2. The van der Waals surface area contributed by atoms with Crippen molar-refractivity contribution in [1.29, 1.82) is 0 Å². The molecule has 2 atom stereocenters. The molecule has 0 radical (unpaired) electrons. The second-order valence-corrected chi connectivity index (χ2v) is 9.19. The van der Waals surface area contributed by atoms with Gasteiger partial charge >= 0.3 is 16.9 Å². The van der Waals surface area contributed by atoms with Crippen LogP contribution in [0.15, 0.2) is 77.3 Å². The molecule has 4 aromatic rings. The molecule has 5 rings (SSSR count). The highest BCUT2D eigenvalue weighted by Crippen LogP contribution is 2.34. The standard InChI is InChI=1S/C19H18N4O4S.C7H5F3O/c24-15-8-4-7-14(15)21-19(25)17-16(11-5-2-1-3-6-11)13-9-12(23-28(26)27)10-20-18(13)22-17;8-7(9,10)11-6-4-2-1-3-5-6/h1-3,5-6,9-10,14-15,24H,4,7-8H2,(H,20,22)(H,21,25);1-5H. The fourth-order valence-corrected chi connectivity index (χ4v) is 4.51. The number of alkyl halides is 3. The Kier molecular flexibility index (Phi) is 8.62. The van der Waals surface area contributed by atoms with E-state index in [2.05, 4.69) is 24.4 Å². The summed E-state index contributed by atoms with van der Waals surface area (Å²) < 4.78 is 63.5. The maximum Gasteiger partial charge on any atom is 0.573 e. The number of carbonyl (C=O) groups is 1. The van der Waals surface area contributed by atoms with Crippen molar-refractivity contribution in [3.63, 3.8) is 0 Å². The quantitative estimate of drug-likeness (QED) is 0.309. The molecule has 13 heteroatoms. The topological polar surface area (TPSA) is 134 Å². The highest BCUT2D eigenvalue weighted by molar-refractivity contribution is 7.61. The maximum atomic E-state index is 13.0. The SMILES string of the molecule is FC(F)(F)Oc1ccccc1.O=C(NC1CCCC1O)c1[nH]c2ncc(N=S(=O)=O)cc2c1-c1ccccc1. The molecule has 1 aliphatic carbocycles. The Labute approximate surface area is 222 Å². The number of pyridine rings is 1. The number of para-hydroxylation sites is 1. The largest absolute Gasteiger partial charge is 0.573 e. The van der Waals surface area contributed by atoms with Crippen LogP contribution in [0.25, 0.3) is 22.2 Å². The number of carbonyl (C=O) groups excluding carboxylic acids is 1.